The minimum atomic E-state index is -0.663. The second-order valence-electron chi connectivity index (χ2n) is 6.53. The Bertz CT molecular complexity index is 255. The van der Waals surface area contributed by atoms with Gasteiger partial charge >= 0.3 is 11.9 Å². The number of aliphatic carboxylic acids is 2. The maximum Gasteiger partial charge on any atom is 0.303 e. The van der Waals surface area contributed by atoms with Crippen molar-refractivity contribution in [2.24, 2.45) is 0 Å². The average molecular weight is 408 g/mol. The van der Waals surface area contributed by atoms with Gasteiger partial charge in [-0.15, -0.1) is 0 Å². The van der Waals surface area contributed by atoms with Gasteiger partial charge in [0.2, 0.25) is 0 Å². The van der Waals surface area contributed by atoms with Crippen LogP contribution in [0.1, 0.15) is 117 Å². The molecule has 0 fully saturated rings. The van der Waals surface area contributed by atoms with Crippen LogP contribution in [0.3, 0.4) is 0 Å². The van der Waals surface area contributed by atoms with Crippen LogP contribution in [-0.4, -0.2) is 22.2 Å². The normalized spacial score (nSPS) is 9.68. The van der Waals surface area contributed by atoms with Crippen molar-refractivity contribution < 1.29 is 36.9 Å². The van der Waals surface area contributed by atoms with Crippen LogP contribution in [0.25, 0.3) is 0 Å². The second kappa shape index (κ2) is 25.7. The van der Waals surface area contributed by atoms with Crippen LogP contribution in [0.15, 0.2) is 0 Å². The Morgan fingerprint density at radius 1 is 0.520 bits per heavy atom. The third-order valence-corrected chi connectivity index (χ3v) is 3.99. The summed E-state index contributed by atoms with van der Waals surface area (Å²) in [6.07, 6.45) is 17.3. The Morgan fingerprint density at radius 3 is 1.00 bits per heavy atom. The van der Waals surface area contributed by atoms with E-state index in [0.29, 0.717) is 12.8 Å². The molecule has 0 aliphatic rings. The zero-order chi connectivity index (χ0) is 18.5. The summed E-state index contributed by atoms with van der Waals surface area (Å²) in [6.45, 7) is 4.40. The molecule has 155 valence electrons. The molecular formula is C20H40CuO4. The molecule has 0 heterocycles. The van der Waals surface area contributed by atoms with Gasteiger partial charge in [-0.25, -0.2) is 0 Å². The van der Waals surface area contributed by atoms with E-state index in [1.807, 2.05) is 0 Å². The van der Waals surface area contributed by atoms with E-state index in [0.717, 1.165) is 25.7 Å². The van der Waals surface area contributed by atoms with E-state index in [4.69, 9.17) is 10.2 Å². The van der Waals surface area contributed by atoms with E-state index in [1.54, 1.807) is 0 Å². The number of carbonyl (C=O) groups is 2. The predicted octanol–water partition coefficient (Wildman–Crippen LogP) is 6.42. The Hall–Kier alpha value is -0.541. The van der Waals surface area contributed by atoms with Crippen LogP contribution >= 0.6 is 0 Å². The summed E-state index contributed by atoms with van der Waals surface area (Å²) < 4.78 is 0. The van der Waals surface area contributed by atoms with Crippen molar-refractivity contribution in [1.29, 1.82) is 0 Å². The fourth-order valence-corrected chi connectivity index (χ4v) is 2.47. The fraction of sp³-hybridized carbons (Fsp3) is 0.900. The molecule has 0 aromatic carbocycles. The number of hydrogen-bond donors (Lipinski definition) is 2. The van der Waals surface area contributed by atoms with Crippen molar-refractivity contribution in [3.8, 4) is 0 Å². The molecule has 1 radical (unpaired) electrons. The van der Waals surface area contributed by atoms with Gasteiger partial charge in [0.1, 0.15) is 0 Å². The van der Waals surface area contributed by atoms with Gasteiger partial charge in [-0.3, -0.25) is 9.59 Å². The summed E-state index contributed by atoms with van der Waals surface area (Å²) in [6, 6.07) is 0. The van der Waals surface area contributed by atoms with Crippen molar-refractivity contribution in [2.45, 2.75) is 117 Å². The third kappa shape index (κ3) is 35.4. The third-order valence-electron chi connectivity index (χ3n) is 3.99. The Balaban J connectivity index is -0.000000372. The molecule has 2 N–H and O–H groups in total. The molecule has 4 nitrogen and oxygen atoms in total. The zero-order valence-electron chi connectivity index (χ0n) is 16.3. The van der Waals surface area contributed by atoms with Crippen molar-refractivity contribution in [3.05, 3.63) is 0 Å². The van der Waals surface area contributed by atoms with Gasteiger partial charge in [0.15, 0.2) is 0 Å². The van der Waals surface area contributed by atoms with E-state index < -0.39 is 11.9 Å². The summed E-state index contributed by atoms with van der Waals surface area (Å²) in [5.74, 6) is -1.33. The summed E-state index contributed by atoms with van der Waals surface area (Å²) in [7, 11) is 0. The van der Waals surface area contributed by atoms with Crippen LogP contribution < -0.4 is 0 Å². The Labute approximate surface area is 165 Å². The second-order valence-corrected chi connectivity index (χ2v) is 6.53. The molecule has 25 heavy (non-hydrogen) atoms. The summed E-state index contributed by atoms with van der Waals surface area (Å²) >= 11 is 0. The molecule has 0 saturated heterocycles. The van der Waals surface area contributed by atoms with Crippen molar-refractivity contribution in [1.82, 2.24) is 0 Å². The first-order valence-corrected chi connectivity index (χ1v) is 9.98. The van der Waals surface area contributed by atoms with Crippen LogP contribution in [0.5, 0.6) is 0 Å². The molecule has 5 heteroatoms. The van der Waals surface area contributed by atoms with Gasteiger partial charge in [-0.2, -0.15) is 0 Å². The van der Waals surface area contributed by atoms with Crippen LogP contribution in [-0.2, 0) is 26.7 Å². The van der Waals surface area contributed by atoms with Crippen molar-refractivity contribution in [2.75, 3.05) is 0 Å². The van der Waals surface area contributed by atoms with Crippen LogP contribution in [0, 0.1) is 0 Å². The standard InChI is InChI=1S/2C10H20O2.Cu/c2*1-2-3-4-5-6-7-8-9-10(11)12;/h2*2-9H2,1H3,(H,11,12);. The Morgan fingerprint density at radius 2 is 0.760 bits per heavy atom. The molecule has 0 amide bonds. The zero-order valence-corrected chi connectivity index (χ0v) is 17.3. The Kier molecular flexibility index (Phi) is 30.0. The molecule has 0 aliphatic heterocycles. The van der Waals surface area contributed by atoms with E-state index in [9.17, 15) is 9.59 Å². The number of unbranched alkanes of at least 4 members (excludes halogenated alkanes) is 12. The fourth-order valence-electron chi connectivity index (χ4n) is 2.47. The summed E-state index contributed by atoms with van der Waals surface area (Å²) in [5.41, 5.74) is 0. The number of carboxylic acid groups (broad SMARTS) is 2. The largest absolute Gasteiger partial charge is 0.481 e. The number of hydrogen-bond acceptors (Lipinski definition) is 2. The van der Waals surface area contributed by atoms with E-state index in [-0.39, 0.29) is 17.1 Å². The molecular weight excluding hydrogens is 368 g/mol. The van der Waals surface area contributed by atoms with Gasteiger partial charge in [0.05, 0.1) is 0 Å². The quantitative estimate of drug-likeness (QED) is 0.228. The topological polar surface area (TPSA) is 74.6 Å². The van der Waals surface area contributed by atoms with Crippen LogP contribution in [0.2, 0.25) is 0 Å². The minimum absolute atomic E-state index is 0. The number of rotatable bonds is 16. The van der Waals surface area contributed by atoms with Crippen molar-refractivity contribution >= 4 is 11.9 Å². The van der Waals surface area contributed by atoms with E-state index in [2.05, 4.69) is 13.8 Å². The monoisotopic (exact) mass is 407 g/mol. The molecule has 0 saturated carbocycles. The maximum atomic E-state index is 10.1. The summed E-state index contributed by atoms with van der Waals surface area (Å²) in [5, 5.41) is 16.7. The molecule has 0 unspecified atom stereocenters. The summed E-state index contributed by atoms with van der Waals surface area (Å²) in [4.78, 5) is 20.3. The molecule has 0 aromatic heterocycles. The molecule has 0 aromatic rings. The first kappa shape index (κ1) is 29.2. The molecule has 0 atom stereocenters. The molecule has 0 aliphatic carbocycles. The average Bonchev–Trinajstić information content (AvgIpc) is 2.53. The SMILES string of the molecule is CCCCCCCCCC(=O)O.CCCCCCCCCC(=O)O.[Cu]. The van der Waals surface area contributed by atoms with Gasteiger partial charge in [-0.05, 0) is 12.8 Å². The maximum absolute atomic E-state index is 10.1. The van der Waals surface area contributed by atoms with Gasteiger partial charge in [-0.1, -0.05) is 90.9 Å². The predicted molar refractivity (Wildman–Crippen MR) is 100 cm³/mol. The smallest absolute Gasteiger partial charge is 0.303 e. The minimum Gasteiger partial charge on any atom is -0.481 e. The van der Waals surface area contributed by atoms with Gasteiger partial charge < -0.3 is 10.2 Å². The first-order valence-electron chi connectivity index (χ1n) is 9.98. The van der Waals surface area contributed by atoms with E-state index >= 15 is 0 Å². The first-order chi connectivity index (χ1) is 11.5. The molecule has 0 rings (SSSR count). The van der Waals surface area contributed by atoms with Gasteiger partial charge in [0, 0.05) is 29.9 Å². The van der Waals surface area contributed by atoms with Gasteiger partial charge in [0.25, 0.3) is 0 Å². The number of carboxylic acids is 2. The van der Waals surface area contributed by atoms with Crippen molar-refractivity contribution in [3.63, 3.8) is 0 Å². The van der Waals surface area contributed by atoms with Crippen LogP contribution in [0.4, 0.5) is 0 Å². The van der Waals surface area contributed by atoms with E-state index in [1.165, 1.54) is 64.2 Å². The molecule has 0 spiro atoms. The molecule has 0 bridgehead atoms.